The van der Waals surface area contributed by atoms with Crippen LogP contribution in [0, 0.1) is 16.7 Å². The minimum Gasteiger partial charge on any atom is -0.197 e. The Bertz CT molecular complexity index is 429. The van der Waals surface area contributed by atoms with E-state index in [0.29, 0.717) is 5.41 Å². The van der Waals surface area contributed by atoms with Crippen LogP contribution in [0.5, 0.6) is 0 Å². The molecular formula is C13H12BrN. The molecule has 0 atom stereocenters. The van der Waals surface area contributed by atoms with Crippen molar-refractivity contribution in [3.63, 3.8) is 0 Å². The molecule has 0 bridgehead atoms. The number of halogens is 1. The Morgan fingerprint density at radius 2 is 1.73 bits per heavy atom. The molecule has 0 saturated heterocycles. The number of hydrogen-bond acceptors (Lipinski definition) is 1. The summed E-state index contributed by atoms with van der Waals surface area (Å²) in [6.45, 7) is 0. The fourth-order valence-electron chi connectivity index (χ4n) is 2.88. The Morgan fingerprint density at radius 3 is 2.20 bits per heavy atom. The monoisotopic (exact) mass is 261 g/mol. The van der Waals surface area contributed by atoms with Crippen molar-refractivity contribution >= 4 is 15.9 Å². The first-order valence-electron chi connectivity index (χ1n) is 5.36. The van der Waals surface area contributed by atoms with Gasteiger partial charge in [-0.25, -0.2) is 0 Å². The highest BCUT2D eigenvalue weighted by Crippen LogP contribution is 2.68. The quantitative estimate of drug-likeness (QED) is 0.755. The molecule has 0 N–H and O–H groups in total. The highest BCUT2D eigenvalue weighted by atomic mass is 79.9. The zero-order valence-corrected chi connectivity index (χ0v) is 10.0. The number of hydrogen-bond donors (Lipinski definition) is 0. The maximum absolute atomic E-state index is 9.36. The molecule has 0 aliphatic heterocycles. The largest absolute Gasteiger partial charge is 0.197 e. The summed E-state index contributed by atoms with van der Waals surface area (Å²) in [5.74, 6) is 0. The normalized spacial score (nSPS) is 24.3. The highest BCUT2D eigenvalue weighted by molar-refractivity contribution is 9.10. The van der Waals surface area contributed by atoms with E-state index in [0.717, 1.165) is 17.3 Å². The Kier molecular flexibility index (Phi) is 1.79. The second kappa shape index (κ2) is 2.86. The van der Waals surface area contributed by atoms with Crippen LogP contribution in [-0.4, -0.2) is 0 Å². The van der Waals surface area contributed by atoms with Crippen molar-refractivity contribution in [2.24, 2.45) is 5.41 Å². The van der Waals surface area contributed by atoms with Crippen molar-refractivity contribution in [1.29, 1.82) is 5.26 Å². The molecule has 0 amide bonds. The molecule has 1 aromatic carbocycles. The molecule has 2 saturated carbocycles. The van der Waals surface area contributed by atoms with Gasteiger partial charge in [0.1, 0.15) is 0 Å². The van der Waals surface area contributed by atoms with Crippen LogP contribution in [0.1, 0.15) is 31.2 Å². The third-order valence-electron chi connectivity index (χ3n) is 3.92. The van der Waals surface area contributed by atoms with Gasteiger partial charge in [0, 0.05) is 4.47 Å². The van der Waals surface area contributed by atoms with E-state index in [-0.39, 0.29) is 5.41 Å². The smallest absolute Gasteiger partial charge is 0.0833 e. The van der Waals surface area contributed by atoms with Crippen LogP contribution in [0.25, 0.3) is 0 Å². The van der Waals surface area contributed by atoms with Crippen molar-refractivity contribution in [3.05, 3.63) is 34.3 Å². The van der Waals surface area contributed by atoms with E-state index in [9.17, 15) is 5.26 Å². The van der Waals surface area contributed by atoms with E-state index in [1.165, 1.54) is 18.4 Å². The van der Waals surface area contributed by atoms with Crippen LogP contribution in [0.15, 0.2) is 28.7 Å². The minimum absolute atomic E-state index is 0.169. The molecule has 2 fully saturated rings. The molecule has 76 valence electrons. The molecule has 2 heteroatoms. The first-order valence-corrected chi connectivity index (χ1v) is 6.15. The lowest BCUT2D eigenvalue weighted by molar-refractivity contribution is 0.173. The summed E-state index contributed by atoms with van der Waals surface area (Å²) in [4.78, 5) is 0. The summed E-state index contributed by atoms with van der Waals surface area (Å²) >= 11 is 3.43. The maximum atomic E-state index is 9.36. The summed E-state index contributed by atoms with van der Waals surface area (Å²) in [6.07, 6.45) is 4.84. The first kappa shape index (κ1) is 9.42. The molecule has 0 heterocycles. The molecule has 0 unspecified atom stereocenters. The fraction of sp³-hybridized carbons (Fsp3) is 0.462. The lowest BCUT2D eigenvalue weighted by Gasteiger charge is -2.44. The van der Waals surface area contributed by atoms with Crippen LogP contribution in [-0.2, 0) is 5.41 Å². The third kappa shape index (κ3) is 1.33. The van der Waals surface area contributed by atoms with Crippen LogP contribution in [0.4, 0.5) is 0 Å². The van der Waals surface area contributed by atoms with Gasteiger partial charge in [-0.2, -0.15) is 5.26 Å². The SMILES string of the molecule is N#CC1(c2ccc(Br)cc2)CC2(CC2)C1. The van der Waals surface area contributed by atoms with Crippen molar-refractivity contribution in [2.75, 3.05) is 0 Å². The van der Waals surface area contributed by atoms with Gasteiger partial charge in [0.05, 0.1) is 11.5 Å². The molecule has 0 aromatic heterocycles. The Morgan fingerprint density at radius 1 is 1.13 bits per heavy atom. The van der Waals surface area contributed by atoms with Crippen molar-refractivity contribution in [1.82, 2.24) is 0 Å². The lowest BCUT2D eigenvalue weighted by atomic mass is 9.57. The summed E-state index contributed by atoms with van der Waals surface area (Å²) in [5.41, 5.74) is 1.60. The van der Waals surface area contributed by atoms with Crippen LogP contribution in [0.2, 0.25) is 0 Å². The standard InChI is InChI=1S/C13H12BrN/c14-11-3-1-10(2-4-11)13(9-15)7-12(8-13)5-6-12/h1-4H,5-8H2. The van der Waals surface area contributed by atoms with Gasteiger partial charge in [-0.15, -0.1) is 0 Å². The van der Waals surface area contributed by atoms with Gasteiger partial charge in [-0.05, 0) is 48.8 Å². The Balaban J connectivity index is 1.92. The molecule has 0 radical (unpaired) electrons. The molecule has 1 nitrogen and oxygen atoms in total. The molecule has 2 aliphatic carbocycles. The van der Waals surface area contributed by atoms with Gasteiger partial charge in [0.2, 0.25) is 0 Å². The molecule has 15 heavy (non-hydrogen) atoms. The minimum atomic E-state index is -0.169. The van der Waals surface area contributed by atoms with Gasteiger partial charge >= 0.3 is 0 Å². The first-order chi connectivity index (χ1) is 7.18. The average Bonchev–Trinajstić information content (AvgIpc) is 2.96. The number of nitrogens with zero attached hydrogens (tertiary/aromatic N) is 1. The zero-order valence-electron chi connectivity index (χ0n) is 8.46. The predicted molar refractivity (Wildman–Crippen MR) is 62.3 cm³/mol. The number of nitriles is 1. The molecule has 1 aromatic rings. The van der Waals surface area contributed by atoms with E-state index in [1.54, 1.807) is 0 Å². The van der Waals surface area contributed by atoms with Crippen molar-refractivity contribution in [3.8, 4) is 6.07 Å². The lowest BCUT2D eigenvalue weighted by Crippen LogP contribution is -2.41. The second-order valence-corrected chi connectivity index (χ2v) is 5.97. The van der Waals surface area contributed by atoms with E-state index in [1.807, 2.05) is 12.1 Å². The van der Waals surface area contributed by atoms with E-state index >= 15 is 0 Å². The number of benzene rings is 1. The van der Waals surface area contributed by atoms with Crippen LogP contribution >= 0.6 is 15.9 Å². The molecule has 1 spiro atoms. The van der Waals surface area contributed by atoms with Crippen molar-refractivity contribution < 1.29 is 0 Å². The molecular weight excluding hydrogens is 250 g/mol. The molecule has 3 rings (SSSR count). The topological polar surface area (TPSA) is 23.8 Å². The van der Waals surface area contributed by atoms with Gasteiger partial charge in [0.15, 0.2) is 0 Å². The zero-order chi connectivity index (χ0) is 10.5. The highest BCUT2D eigenvalue weighted by Gasteiger charge is 2.61. The number of rotatable bonds is 1. The van der Waals surface area contributed by atoms with E-state index < -0.39 is 0 Å². The Labute approximate surface area is 98.2 Å². The fourth-order valence-corrected chi connectivity index (χ4v) is 3.14. The van der Waals surface area contributed by atoms with E-state index in [4.69, 9.17) is 0 Å². The van der Waals surface area contributed by atoms with Gasteiger partial charge in [-0.3, -0.25) is 0 Å². The summed E-state index contributed by atoms with van der Waals surface area (Å²) in [5, 5.41) is 9.36. The Hall–Kier alpha value is -0.810. The van der Waals surface area contributed by atoms with Crippen LogP contribution < -0.4 is 0 Å². The van der Waals surface area contributed by atoms with Crippen molar-refractivity contribution in [2.45, 2.75) is 31.1 Å². The van der Waals surface area contributed by atoms with Gasteiger partial charge < -0.3 is 0 Å². The maximum Gasteiger partial charge on any atom is 0.0833 e. The van der Waals surface area contributed by atoms with Gasteiger partial charge in [-0.1, -0.05) is 28.1 Å². The predicted octanol–water partition coefficient (Wildman–Crippen LogP) is 3.78. The summed E-state index contributed by atoms with van der Waals surface area (Å²) in [7, 11) is 0. The van der Waals surface area contributed by atoms with E-state index in [2.05, 4.69) is 34.1 Å². The van der Waals surface area contributed by atoms with Gasteiger partial charge in [0.25, 0.3) is 0 Å². The molecule has 2 aliphatic rings. The second-order valence-electron chi connectivity index (χ2n) is 5.05. The van der Waals surface area contributed by atoms with Crippen LogP contribution in [0.3, 0.4) is 0 Å². The summed E-state index contributed by atoms with van der Waals surface area (Å²) < 4.78 is 1.08. The average molecular weight is 262 g/mol. The third-order valence-corrected chi connectivity index (χ3v) is 4.45. The summed E-state index contributed by atoms with van der Waals surface area (Å²) in [6, 6.07) is 10.8.